The van der Waals surface area contributed by atoms with E-state index in [9.17, 15) is 14.9 Å². The zero-order valence-corrected chi connectivity index (χ0v) is 17.4. The monoisotopic (exact) mass is 426 g/mol. The van der Waals surface area contributed by atoms with Crippen molar-refractivity contribution in [3.63, 3.8) is 0 Å². The maximum absolute atomic E-state index is 12.0. The van der Waals surface area contributed by atoms with Crippen molar-refractivity contribution in [3.8, 4) is 5.69 Å². The van der Waals surface area contributed by atoms with Gasteiger partial charge in [-0.25, -0.2) is 4.79 Å². The number of urea groups is 1. The molecule has 3 rings (SSSR count). The second-order valence-corrected chi connectivity index (χ2v) is 7.39. The number of aromatic nitrogens is 3. The quantitative estimate of drug-likeness (QED) is 0.321. The number of benzene rings is 2. The molecular formula is C20H22N6O3S. The largest absolute Gasteiger partial charge is 0.338 e. The van der Waals surface area contributed by atoms with Crippen molar-refractivity contribution >= 4 is 23.5 Å². The van der Waals surface area contributed by atoms with Crippen LogP contribution in [0.1, 0.15) is 31.3 Å². The van der Waals surface area contributed by atoms with Crippen LogP contribution in [0.3, 0.4) is 0 Å². The van der Waals surface area contributed by atoms with Crippen LogP contribution in [0, 0.1) is 10.1 Å². The highest BCUT2D eigenvalue weighted by Crippen LogP contribution is 2.28. The summed E-state index contributed by atoms with van der Waals surface area (Å²) in [4.78, 5) is 22.5. The first-order chi connectivity index (χ1) is 14.5. The summed E-state index contributed by atoms with van der Waals surface area (Å²) in [5.41, 5.74) is 1.82. The minimum absolute atomic E-state index is 0.000333. The van der Waals surface area contributed by atoms with Crippen LogP contribution in [0.4, 0.5) is 10.5 Å². The number of carbonyl (C=O) groups is 1. The van der Waals surface area contributed by atoms with Gasteiger partial charge in [-0.15, -0.1) is 10.2 Å². The van der Waals surface area contributed by atoms with Gasteiger partial charge in [-0.3, -0.25) is 14.7 Å². The first-order valence-corrected chi connectivity index (χ1v) is 10.4. The van der Waals surface area contributed by atoms with E-state index in [-0.39, 0.29) is 11.7 Å². The summed E-state index contributed by atoms with van der Waals surface area (Å²) in [5, 5.41) is 25.8. The summed E-state index contributed by atoms with van der Waals surface area (Å²) >= 11 is 1.50. The number of non-ortho nitro benzene ring substituents is 1. The Morgan fingerprint density at radius 1 is 1.17 bits per heavy atom. The predicted octanol–water partition coefficient (Wildman–Crippen LogP) is 3.85. The number of nitrogens with zero attached hydrogens (tertiary/aromatic N) is 4. The number of nitro benzene ring substituents is 1. The van der Waals surface area contributed by atoms with Crippen LogP contribution >= 0.6 is 11.8 Å². The van der Waals surface area contributed by atoms with Crippen molar-refractivity contribution in [2.45, 2.75) is 30.8 Å². The summed E-state index contributed by atoms with van der Waals surface area (Å²) in [6.07, 6.45) is 0. The number of hydrogen-bond donors (Lipinski definition) is 2. The second-order valence-electron chi connectivity index (χ2n) is 6.45. The predicted molar refractivity (Wildman–Crippen MR) is 115 cm³/mol. The Labute approximate surface area is 178 Å². The van der Waals surface area contributed by atoms with Crippen molar-refractivity contribution in [1.82, 2.24) is 25.4 Å². The molecule has 1 atom stereocenters. The van der Waals surface area contributed by atoms with Gasteiger partial charge in [0.05, 0.1) is 11.0 Å². The zero-order chi connectivity index (χ0) is 21.5. The molecule has 2 N–H and O–H groups in total. The van der Waals surface area contributed by atoms with E-state index in [0.717, 1.165) is 5.56 Å². The van der Waals surface area contributed by atoms with Gasteiger partial charge in [-0.05, 0) is 31.5 Å². The molecule has 0 bridgehead atoms. The Morgan fingerprint density at radius 3 is 2.50 bits per heavy atom. The molecule has 0 saturated heterocycles. The van der Waals surface area contributed by atoms with Crippen molar-refractivity contribution in [2.24, 2.45) is 0 Å². The molecule has 0 radical (unpaired) electrons. The highest BCUT2D eigenvalue weighted by atomic mass is 32.2. The number of hydrogen-bond acceptors (Lipinski definition) is 6. The fourth-order valence-corrected chi connectivity index (χ4v) is 3.73. The van der Waals surface area contributed by atoms with Gasteiger partial charge < -0.3 is 10.6 Å². The topological polar surface area (TPSA) is 115 Å². The van der Waals surface area contributed by atoms with E-state index >= 15 is 0 Å². The summed E-state index contributed by atoms with van der Waals surface area (Å²) in [5.74, 6) is 1.22. The minimum Gasteiger partial charge on any atom is -0.338 e. The van der Waals surface area contributed by atoms with E-state index in [1.54, 1.807) is 12.1 Å². The average Bonchev–Trinajstić information content (AvgIpc) is 3.17. The van der Waals surface area contributed by atoms with E-state index in [1.807, 2.05) is 48.7 Å². The summed E-state index contributed by atoms with van der Waals surface area (Å²) in [6.45, 7) is 4.15. The molecule has 0 aliphatic rings. The second kappa shape index (κ2) is 9.88. The maximum Gasteiger partial charge on any atom is 0.315 e. The van der Waals surface area contributed by atoms with Crippen molar-refractivity contribution < 1.29 is 9.72 Å². The molecular weight excluding hydrogens is 404 g/mol. The van der Waals surface area contributed by atoms with Crippen molar-refractivity contribution in [1.29, 1.82) is 0 Å². The van der Waals surface area contributed by atoms with E-state index in [1.165, 1.54) is 23.9 Å². The number of amides is 2. The summed E-state index contributed by atoms with van der Waals surface area (Å²) in [6, 6.07) is 15.4. The molecule has 10 heteroatoms. The average molecular weight is 427 g/mol. The molecule has 0 aliphatic carbocycles. The third kappa shape index (κ3) is 5.15. The fourth-order valence-electron chi connectivity index (χ4n) is 2.82. The lowest BCUT2D eigenvalue weighted by Gasteiger charge is -2.16. The van der Waals surface area contributed by atoms with Crippen LogP contribution in [-0.4, -0.2) is 32.3 Å². The van der Waals surface area contributed by atoms with Crippen LogP contribution in [0.2, 0.25) is 0 Å². The zero-order valence-electron chi connectivity index (χ0n) is 16.6. The van der Waals surface area contributed by atoms with Gasteiger partial charge in [0.2, 0.25) is 0 Å². The molecule has 156 valence electrons. The van der Waals surface area contributed by atoms with E-state index in [0.29, 0.717) is 29.0 Å². The van der Waals surface area contributed by atoms with Crippen molar-refractivity contribution in [2.75, 3.05) is 6.54 Å². The van der Waals surface area contributed by atoms with Crippen molar-refractivity contribution in [3.05, 3.63) is 76.1 Å². The van der Waals surface area contributed by atoms with E-state index in [4.69, 9.17) is 0 Å². The van der Waals surface area contributed by atoms with Gasteiger partial charge in [0.1, 0.15) is 0 Å². The number of nitro groups is 1. The van der Waals surface area contributed by atoms with E-state index < -0.39 is 11.0 Å². The Hall–Kier alpha value is -3.40. The molecule has 2 aromatic carbocycles. The van der Waals surface area contributed by atoms with Gasteiger partial charge in [-0.2, -0.15) is 0 Å². The number of carbonyl (C=O) groups excluding carboxylic acids is 1. The summed E-state index contributed by atoms with van der Waals surface area (Å²) in [7, 11) is 0. The fraction of sp³-hybridized carbons (Fsp3) is 0.250. The van der Waals surface area contributed by atoms with Crippen LogP contribution in [0.5, 0.6) is 0 Å². The van der Waals surface area contributed by atoms with Crippen LogP contribution in [-0.2, 0) is 5.75 Å². The normalized spacial score (nSPS) is 11.7. The van der Waals surface area contributed by atoms with Gasteiger partial charge in [0.25, 0.3) is 5.69 Å². The van der Waals surface area contributed by atoms with Gasteiger partial charge in [0.15, 0.2) is 11.0 Å². The van der Waals surface area contributed by atoms with Gasteiger partial charge in [-0.1, -0.05) is 42.1 Å². The molecule has 1 aromatic heterocycles. The summed E-state index contributed by atoms with van der Waals surface area (Å²) < 4.78 is 1.81. The van der Waals surface area contributed by atoms with Gasteiger partial charge in [0, 0.05) is 30.1 Å². The molecule has 9 nitrogen and oxygen atoms in total. The standard InChI is InChI=1S/C20H22N6O3S/c1-3-21-19(27)22-14(2)18-23-24-20(30-13-15-7-5-4-6-8-15)25(18)16-9-11-17(12-10-16)26(28)29/h4-12,14H,3,13H2,1-2H3,(H2,21,22,27). The van der Waals surface area contributed by atoms with Gasteiger partial charge >= 0.3 is 6.03 Å². The molecule has 0 spiro atoms. The Bertz CT molecular complexity index is 1010. The SMILES string of the molecule is CCNC(=O)NC(C)c1nnc(SCc2ccccc2)n1-c1ccc([N+](=O)[O-])cc1. The highest BCUT2D eigenvalue weighted by Gasteiger charge is 2.21. The lowest BCUT2D eigenvalue weighted by molar-refractivity contribution is -0.384. The lowest BCUT2D eigenvalue weighted by atomic mass is 10.2. The molecule has 1 heterocycles. The first-order valence-electron chi connectivity index (χ1n) is 9.40. The van der Waals surface area contributed by atoms with E-state index in [2.05, 4.69) is 20.8 Å². The molecule has 2 amide bonds. The smallest absolute Gasteiger partial charge is 0.315 e. The molecule has 3 aromatic rings. The molecule has 0 aliphatic heterocycles. The van der Waals surface area contributed by atoms with Crippen LogP contribution < -0.4 is 10.6 Å². The number of nitrogens with one attached hydrogen (secondary N) is 2. The molecule has 0 saturated carbocycles. The number of thioether (sulfide) groups is 1. The molecule has 0 fully saturated rings. The molecule has 30 heavy (non-hydrogen) atoms. The highest BCUT2D eigenvalue weighted by molar-refractivity contribution is 7.98. The minimum atomic E-state index is -0.443. The third-order valence-corrected chi connectivity index (χ3v) is 5.26. The van der Waals surface area contributed by atoms with Crippen LogP contribution in [0.15, 0.2) is 59.8 Å². The Morgan fingerprint density at radius 2 is 1.87 bits per heavy atom. The Kier molecular flexibility index (Phi) is 7.02. The maximum atomic E-state index is 12.0. The number of rotatable bonds is 8. The lowest BCUT2D eigenvalue weighted by Crippen LogP contribution is -2.37. The first kappa shape index (κ1) is 21.3. The van der Waals surface area contributed by atoms with Crippen LogP contribution in [0.25, 0.3) is 5.69 Å². The Balaban J connectivity index is 1.92. The molecule has 1 unspecified atom stereocenters. The third-order valence-electron chi connectivity index (χ3n) is 4.26.